The van der Waals surface area contributed by atoms with E-state index in [1.165, 1.54) is 13.2 Å². The van der Waals surface area contributed by atoms with Crippen LogP contribution in [0.25, 0.3) is 0 Å². The Morgan fingerprint density at radius 3 is 2.89 bits per heavy atom. The Kier molecular flexibility index (Phi) is 5.17. The van der Waals surface area contributed by atoms with Gasteiger partial charge in [-0.2, -0.15) is 0 Å². The first-order valence-corrected chi connectivity index (χ1v) is 5.78. The molecule has 98 valence electrons. The molecule has 1 atom stereocenters. The van der Waals surface area contributed by atoms with Gasteiger partial charge in [0.05, 0.1) is 12.0 Å². The number of methoxy groups -OCH3 is 1. The number of nitrogens with one attached hydrogen (secondary N) is 1. The summed E-state index contributed by atoms with van der Waals surface area (Å²) in [6.07, 6.45) is 3.70. The Balaban J connectivity index is 2.81. The van der Waals surface area contributed by atoms with E-state index in [2.05, 4.69) is 11.9 Å². The predicted octanol–water partition coefficient (Wildman–Crippen LogP) is 3.37. The summed E-state index contributed by atoms with van der Waals surface area (Å²) in [7, 11) is 1.42. The van der Waals surface area contributed by atoms with Crippen molar-refractivity contribution in [3.8, 4) is 5.75 Å². The molecule has 1 aromatic rings. The van der Waals surface area contributed by atoms with E-state index in [-0.39, 0.29) is 17.5 Å². The molecule has 1 unspecified atom stereocenters. The van der Waals surface area contributed by atoms with Gasteiger partial charge in [-0.05, 0) is 31.9 Å². The molecule has 5 nitrogen and oxygen atoms in total. The molecule has 0 aromatic heterocycles. The summed E-state index contributed by atoms with van der Waals surface area (Å²) < 4.78 is 4.95. The van der Waals surface area contributed by atoms with E-state index >= 15 is 0 Å². The van der Waals surface area contributed by atoms with Crippen LogP contribution >= 0.6 is 0 Å². The Morgan fingerprint density at radius 2 is 2.33 bits per heavy atom. The Morgan fingerprint density at radius 1 is 1.61 bits per heavy atom. The molecule has 0 radical (unpaired) electrons. The van der Waals surface area contributed by atoms with Gasteiger partial charge >= 0.3 is 5.69 Å². The molecule has 18 heavy (non-hydrogen) atoms. The summed E-state index contributed by atoms with van der Waals surface area (Å²) in [6.45, 7) is 5.69. The van der Waals surface area contributed by atoms with Gasteiger partial charge in [0, 0.05) is 17.8 Å². The largest absolute Gasteiger partial charge is 0.490 e. The molecule has 1 aromatic carbocycles. The molecular weight excluding hydrogens is 232 g/mol. The second-order valence-corrected chi connectivity index (χ2v) is 4.06. The van der Waals surface area contributed by atoms with E-state index in [9.17, 15) is 10.1 Å². The van der Waals surface area contributed by atoms with Crippen LogP contribution in [0.3, 0.4) is 0 Å². The SMILES string of the molecule is C=CCCC(C)Nc1ccc(OC)c([N+](=O)[O-])c1. The van der Waals surface area contributed by atoms with Crippen LogP contribution in [0.4, 0.5) is 11.4 Å². The quantitative estimate of drug-likeness (QED) is 0.458. The Labute approximate surface area is 107 Å². The lowest BCUT2D eigenvalue weighted by Crippen LogP contribution is -2.14. The maximum Gasteiger partial charge on any atom is 0.312 e. The minimum Gasteiger partial charge on any atom is -0.490 e. The van der Waals surface area contributed by atoms with Gasteiger partial charge in [-0.25, -0.2) is 0 Å². The summed E-state index contributed by atoms with van der Waals surface area (Å²) in [5, 5.41) is 14.1. The van der Waals surface area contributed by atoms with Crippen molar-refractivity contribution in [1.82, 2.24) is 0 Å². The summed E-state index contributed by atoms with van der Waals surface area (Å²) in [6, 6.07) is 5.09. The lowest BCUT2D eigenvalue weighted by atomic mass is 10.1. The monoisotopic (exact) mass is 250 g/mol. The lowest BCUT2D eigenvalue weighted by Gasteiger charge is -2.14. The molecule has 1 rings (SSSR count). The average molecular weight is 250 g/mol. The van der Waals surface area contributed by atoms with Crippen LogP contribution in [-0.2, 0) is 0 Å². The number of rotatable bonds is 7. The zero-order chi connectivity index (χ0) is 13.5. The zero-order valence-electron chi connectivity index (χ0n) is 10.7. The number of ether oxygens (including phenoxy) is 1. The number of hydrogen-bond donors (Lipinski definition) is 1. The number of nitro groups is 1. The van der Waals surface area contributed by atoms with Gasteiger partial charge in [0.25, 0.3) is 0 Å². The van der Waals surface area contributed by atoms with Gasteiger partial charge in [0.1, 0.15) is 0 Å². The van der Waals surface area contributed by atoms with Crippen molar-refractivity contribution < 1.29 is 9.66 Å². The van der Waals surface area contributed by atoms with Gasteiger partial charge in [-0.15, -0.1) is 6.58 Å². The average Bonchev–Trinajstić information content (AvgIpc) is 2.36. The third kappa shape index (κ3) is 3.76. The molecule has 0 heterocycles. The highest BCUT2D eigenvalue weighted by Gasteiger charge is 2.15. The van der Waals surface area contributed by atoms with Crippen LogP contribution in [0.5, 0.6) is 5.75 Å². The van der Waals surface area contributed by atoms with Crippen LogP contribution in [0.15, 0.2) is 30.9 Å². The van der Waals surface area contributed by atoms with E-state index in [4.69, 9.17) is 4.74 Å². The van der Waals surface area contributed by atoms with Gasteiger partial charge < -0.3 is 10.1 Å². The Hall–Kier alpha value is -2.04. The lowest BCUT2D eigenvalue weighted by molar-refractivity contribution is -0.385. The fraction of sp³-hybridized carbons (Fsp3) is 0.385. The Bertz CT molecular complexity index is 432. The number of anilines is 1. The van der Waals surface area contributed by atoms with Gasteiger partial charge in [0.2, 0.25) is 0 Å². The van der Waals surface area contributed by atoms with E-state index < -0.39 is 4.92 Å². The first-order valence-electron chi connectivity index (χ1n) is 5.78. The molecular formula is C13H18N2O3. The fourth-order valence-corrected chi connectivity index (χ4v) is 1.65. The van der Waals surface area contributed by atoms with E-state index in [1.807, 2.05) is 13.0 Å². The third-order valence-electron chi connectivity index (χ3n) is 2.59. The van der Waals surface area contributed by atoms with Crippen LogP contribution in [0, 0.1) is 10.1 Å². The van der Waals surface area contributed by atoms with Gasteiger partial charge in [0.15, 0.2) is 5.75 Å². The smallest absolute Gasteiger partial charge is 0.312 e. The number of nitro benzene ring substituents is 1. The first kappa shape index (κ1) is 14.0. The van der Waals surface area contributed by atoms with Crippen molar-refractivity contribution >= 4 is 11.4 Å². The molecule has 0 aliphatic heterocycles. The van der Waals surface area contributed by atoms with Crippen LogP contribution < -0.4 is 10.1 Å². The summed E-state index contributed by atoms with van der Waals surface area (Å²) in [5.41, 5.74) is 0.692. The summed E-state index contributed by atoms with van der Waals surface area (Å²) in [4.78, 5) is 10.4. The minimum atomic E-state index is -0.446. The van der Waals surface area contributed by atoms with Crippen LogP contribution in [0.1, 0.15) is 19.8 Å². The van der Waals surface area contributed by atoms with Crippen molar-refractivity contribution in [2.24, 2.45) is 0 Å². The molecule has 0 aliphatic carbocycles. The van der Waals surface area contributed by atoms with Crippen molar-refractivity contribution in [3.63, 3.8) is 0 Å². The van der Waals surface area contributed by atoms with Crippen molar-refractivity contribution in [2.45, 2.75) is 25.8 Å². The van der Waals surface area contributed by atoms with Crippen LogP contribution in [-0.4, -0.2) is 18.1 Å². The molecule has 0 saturated carbocycles. The van der Waals surface area contributed by atoms with Gasteiger partial charge in [-0.1, -0.05) is 6.08 Å². The number of benzene rings is 1. The zero-order valence-corrected chi connectivity index (χ0v) is 10.7. The molecule has 0 amide bonds. The van der Waals surface area contributed by atoms with Crippen LogP contribution in [0.2, 0.25) is 0 Å². The molecule has 0 fully saturated rings. The third-order valence-corrected chi connectivity index (χ3v) is 2.59. The number of hydrogen-bond acceptors (Lipinski definition) is 4. The second kappa shape index (κ2) is 6.64. The van der Waals surface area contributed by atoms with Gasteiger partial charge in [-0.3, -0.25) is 10.1 Å². The standard InChI is InChI=1S/C13H18N2O3/c1-4-5-6-10(2)14-11-7-8-13(18-3)12(9-11)15(16)17/h4,7-10,14H,1,5-6H2,2-3H3. The van der Waals surface area contributed by atoms with E-state index in [0.29, 0.717) is 0 Å². The molecule has 0 saturated heterocycles. The summed E-state index contributed by atoms with van der Waals surface area (Å²) in [5.74, 6) is 0.268. The molecule has 0 spiro atoms. The number of allylic oxidation sites excluding steroid dienone is 1. The summed E-state index contributed by atoms with van der Waals surface area (Å²) >= 11 is 0. The molecule has 1 N–H and O–H groups in total. The highest BCUT2D eigenvalue weighted by molar-refractivity contribution is 5.58. The van der Waals surface area contributed by atoms with Crippen molar-refractivity contribution in [2.75, 3.05) is 12.4 Å². The second-order valence-electron chi connectivity index (χ2n) is 4.06. The highest BCUT2D eigenvalue weighted by Crippen LogP contribution is 2.30. The van der Waals surface area contributed by atoms with Crippen molar-refractivity contribution in [3.05, 3.63) is 41.0 Å². The molecule has 0 bridgehead atoms. The molecule has 0 aliphatic rings. The topological polar surface area (TPSA) is 64.4 Å². The van der Waals surface area contributed by atoms with E-state index in [0.717, 1.165) is 18.5 Å². The highest BCUT2D eigenvalue weighted by atomic mass is 16.6. The first-order chi connectivity index (χ1) is 8.58. The minimum absolute atomic E-state index is 0.0292. The van der Waals surface area contributed by atoms with Crippen molar-refractivity contribution in [1.29, 1.82) is 0 Å². The molecule has 5 heteroatoms. The maximum absolute atomic E-state index is 10.9. The fourth-order valence-electron chi connectivity index (χ4n) is 1.65. The predicted molar refractivity (Wildman–Crippen MR) is 72.2 cm³/mol. The normalized spacial score (nSPS) is 11.7. The number of nitrogens with zero attached hydrogens (tertiary/aromatic N) is 1. The maximum atomic E-state index is 10.9. The van der Waals surface area contributed by atoms with E-state index in [1.54, 1.807) is 12.1 Å².